The highest BCUT2D eigenvalue weighted by Gasteiger charge is 2.04. The summed E-state index contributed by atoms with van der Waals surface area (Å²) >= 11 is 1.73. The Balaban J connectivity index is 2.33. The Morgan fingerprint density at radius 3 is 2.67 bits per heavy atom. The molecule has 0 spiro atoms. The lowest BCUT2D eigenvalue weighted by Gasteiger charge is -2.14. The van der Waals surface area contributed by atoms with Gasteiger partial charge in [-0.05, 0) is 30.4 Å². The number of benzene rings is 1. The van der Waals surface area contributed by atoms with E-state index in [4.69, 9.17) is 4.74 Å². The molecule has 0 amide bonds. The standard InChI is InChI=1S/C16H27N3O3S2/c1-13-5-6-14(15(11-13)23-3)12-19-16(17-2)18-7-8-22-9-10-24(4,20)21/h5-6,11H,7-10,12H2,1-4H3,(H2,17,18,19). The lowest BCUT2D eigenvalue weighted by Crippen LogP contribution is -2.38. The summed E-state index contributed by atoms with van der Waals surface area (Å²) in [5, 5.41) is 6.41. The number of thioether (sulfide) groups is 1. The average molecular weight is 374 g/mol. The van der Waals surface area contributed by atoms with E-state index < -0.39 is 9.84 Å². The summed E-state index contributed by atoms with van der Waals surface area (Å²) in [4.78, 5) is 5.42. The maximum atomic E-state index is 11.0. The number of guanidine groups is 1. The summed E-state index contributed by atoms with van der Waals surface area (Å²) in [5.74, 6) is 0.736. The normalized spacial score (nSPS) is 12.2. The highest BCUT2D eigenvalue weighted by Crippen LogP contribution is 2.21. The first-order valence-electron chi connectivity index (χ1n) is 7.69. The van der Waals surface area contributed by atoms with E-state index in [2.05, 4.69) is 47.0 Å². The van der Waals surface area contributed by atoms with Gasteiger partial charge >= 0.3 is 0 Å². The maximum absolute atomic E-state index is 11.0. The Morgan fingerprint density at radius 2 is 2.04 bits per heavy atom. The molecule has 0 aliphatic carbocycles. The summed E-state index contributed by atoms with van der Waals surface area (Å²) in [5.41, 5.74) is 2.47. The number of ether oxygens (including phenoxy) is 1. The van der Waals surface area contributed by atoms with Crippen molar-refractivity contribution in [2.45, 2.75) is 18.4 Å². The topological polar surface area (TPSA) is 79.8 Å². The first kappa shape index (κ1) is 20.8. The third kappa shape index (κ3) is 8.56. The van der Waals surface area contributed by atoms with Gasteiger partial charge in [-0.2, -0.15) is 0 Å². The molecule has 1 aromatic rings. The predicted octanol–water partition coefficient (Wildman–Crippen LogP) is 1.44. The zero-order valence-electron chi connectivity index (χ0n) is 14.8. The van der Waals surface area contributed by atoms with Crippen molar-refractivity contribution < 1.29 is 13.2 Å². The van der Waals surface area contributed by atoms with Crippen LogP contribution in [0.5, 0.6) is 0 Å². The van der Waals surface area contributed by atoms with Crippen molar-refractivity contribution in [2.75, 3.05) is 45.1 Å². The van der Waals surface area contributed by atoms with Gasteiger partial charge in [-0.25, -0.2) is 8.42 Å². The molecule has 1 aromatic carbocycles. The van der Waals surface area contributed by atoms with Gasteiger partial charge in [0, 0.05) is 31.3 Å². The van der Waals surface area contributed by atoms with Crippen molar-refractivity contribution in [3.05, 3.63) is 29.3 Å². The molecule has 0 atom stereocenters. The molecule has 2 N–H and O–H groups in total. The number of hydrogen-bond acceptors (Lipinski definition) is 5. The second kappa shape index (κ2) is 10.6. The van der Waals surface area contributed by atoms with Crippen molar-refractivity contribution in [1.82, 2.24) is 10.6 Å². The maximum Gasteiger partial charge on any atom is 0.191 e. The zero-order chi connectivity index (χ0) is 18.0. The minimum Gasteiger partial charge on any atom is -0.379 e. The number of nitrogens with one attached hydrogen (secondary N) is 2. The summed E-state index contributed by atoms with van der Waals surface area (Å²) in [6.45, 7) is 3.97. The van der Waals surface area contributed by atoms with Gasteiger partial charge in [0.25, 0.3) is 0 Å². The van der Waals surface area contributed by atoms with E-state index in [9.17, 15) is 8.42 Å². The molecule has 0 saturated carbocycles. The van der Waals surface area contributed by atoms with Crippen LogP contribution in [0.4, 0.5) is 0 Å². The zero-order valence-corrected chi connectivity index (χ0v) is 16.4. The molecule has 0 fully saturated rings. The lowest BCUT2D eigenvalue weighted by molar-refractivity contribution is 0.154. The molecule has 0 bridgehead atoms. The molecule has 6 nitrogen and oxygen atoms in total. The van der Waals surface area contributed by atoms with Gasteiger partial charge in [-0.15, -0.1) is 11.8 Å². The van der Waals surface area contributed by atoms with Crippen LogP contribution in [0.2, 0.25) is 0 Å². The van der Waals surface area contributed by atoms with Crippen LogP contribution in [0.25, 0.3) is 0 Å². The highest BCUT2D eigenvalue weighted by atomic mass is 32.2. The van der Waals surface area contributed by atoms with Crippen LogP contribution in [0.15, 0.2) is 28.1 Å². The van der Waals surface area contributed by atoms with E-state index in [1.54, 1.807) is 18.8 Å². The molecule has 0 aliphatic heterocycles. The van der Waals surface area contributed by atoms with Crippen molar-refractivity contribution in [1.29, 1.82) is 0 Å². The minimum atomic E-state index is -2.96. The fourth-order valence-electron chi connectivity index (χ4n) is 1.95. The van der Waals surface area contributed by atoms with Crippen LogP contribution in [0.1, 0.15) is 11.1 Å². The summed E-state index contributed by atoms with van der Waals surface area (Å²) in [6.07, 6.45) is 3.27. The number of nitrogens with zero attached hydrogens (tertiary/aromatic N) is 1. The molecule has 0 aromatic heterocycles. The van der Waals surface area contributed by atoms with Gasteiger partial charge in [-0.3, -0.25) is 4.99 Å². The third-order valence-electron chi connectivity index (χ3n) is 3.25. The number of hydrogen-bond donors (Lipinski definition) is 2. The van der Waals surface area contributed by atoms with Crippen molar-refractivity contribution in [2.24, 2.45) is 4.99 Å². The Hall–Kier alpha value is -1.25. The van der Waals surface area contributed by atoms with Gasteiger partial charge in [0.05, 0.1) is 19.0 Å². The van der Waals surface area contributed by atoms with Crippen LogP contribution < -0.4 is 10.6 Å². The Labute approximate surface area is 149 Å². The monoisotopic (exact) mass is 373 g/mol. The van der Waals surface area contributed by atoms with Gasteiger partial charge in [-0.1, -0.05) is 12.1 Å². The van der Waals surface area contributed by atoms with E-state index in [1.165, 1.54) is 22.3 Å². The molecule has 8 heteroatoms. The number of aliphatic imine (C=N–C) groups is 1. The van der Waals surface area contributed by atoms with E-state index in [0.717, 1.165) is 0 Å². The molecule has 136 valence electrons. The largest absolute Gasteiger partial charge is 0.379 e. The fourth-order valence-corrected chi connectivity index (χ4v) is 3.08. The second-order valence-electron chi connectivity index (χ2n) is 5.41. The number of rotatable bonds is 9. The van der Waals surface area contributed by atoms with Crippen molar-refractivity contribution in [3.8, 4) is 0 Å². The molecule has 0 radical (unpaired) electrons. The highest BCUT2D eigenvalue weighted by molar-refractivity contribution is 7.98. The van der Waals surface area contributed by atoms with Crippen LogP contribution >= 0.6 is 11.8 Å². The van der Waals surface area contributed by atoms with E-state index in [-0.39, 0.29) is 12.4 Å². The van der Waals surface area contributed by atoms with Gasteiger partial charge in [0.1, 0.15) is 9.84 Å². The number of aryl methyl sites for hydroxylation is 1. The van der Waals surface area contributed by atoms with E-state index in [1.807, 2.05) is 0 Å². The molecular weight excluding hydrogens is 346 g/mol. The first-order valence-corrected chi connectivity index (χ1v) is 11.0. The quantitative estimate of drug-likeness (QED) is 0.295. The molecule has 0 heterocycles. The lowest BCUT2D eigenvalue weighted by atomic mass is 10.1. The Kier molecular flexibility index (Phi) is 9.17. The SMILES string of the molecule is CN=C(NCCOCCS(C)(=O)=O)NCc1ccc(C)cc1SC. The predicted molar refractivity (Wildman–Crippen MR) is 102 cm³/mol. The van der Waals surface area contributed by atoms with Gasteiger partial charge in [0.15, 0.2) is 5.96 Å². The molecule has 0 unspecified atom stereocenters. The van der Waals surface area contributed by atoms with Crippen LogP contribution in [-0.4, -0.2) is 59.4 Å². The Bertz CT molecular complexity index is 646. The fraction of sp³-hybridized carbons (Fsp3) is 0.562. The van der Waals surface area contributed by atoms with E-state index >= 15 is 0 Å². The smallest absolute Gasteiger partial charge is 0.191 e. The van der Waals surface area contributed by atoms with Gasteiger partial charge in [0.2, 0.25) is 0 Å². The third-order valence-corrected chi connectivity index (χ3v) is 4.98. The first-order chi connectivity index (χ1) is 11.4. The van der Waals surface area contributed by atoms with Crippen LogP contribution in [-0.2, 0) is 21.1 Å². The van der Waals surface area contributed by atoms with E-state index in [0.29, 0.717) is 25.7 Å². The molecule has 1 rings (SSSR count). The summed E-state index contributed by atoms with van der Waals surface area (Å²) < 4.78 is 27.3. The average Bonchev–Trinajstić information content (AvgIpc) is 2.53. The molecular formula is C16H27N3O3S2. The molecule has 0 saturated heterocycles. The number of sulfone groups is 1. The second-order valence-corrected chi connectivity index (χ2v) is 8.52. The molecule has 24 heavy (non-hydrogen) atoms. The van der Waals surface area contributed by atoms with Crippen LogP contribution in [0, 0.1) is 6.92 Å². The summed E-state index contributed by atoms with van der Waals surface area (Å²) in [6, 6.07) is 6.39. The van der Waals surface area contributed by atoms with Crippen LogP contribution in [0.3, 0.4) is 0 Å². The van der Waals surface area contributed by atoms with Crippen molar-refractivity contribution >= 4 is 27.6 Å². The Morgan fingerprint density at radius 1 is 1.29 bits per heavy atom. The van der Waals surface area contributed by atoms with Crippen molar-refractivity contribution in [3.63, 3.8) is 0 Å². The summed E-state index contributed by atoms with van der Waals surface area (Å²) in [7, 11) is -1.25. The molecule has 0 aliphatic rings. The minimum absolute atomic E-state index is 0.0465. The van der Waals surface area contributed by atoms with Gasteiger partial charge < -0.3 is 15.4 Å².